The topological polar surface area (TPSA) is 46.2 Å². The van der Waals surface area contributed by atoms with Crippen LogP contribution in [0.1, 0.15) is 37.3 Å². The van der Waals surface area contributed by atoms with Crippen LogP contribution in [0.2, 0.25) is 5.02 Å². The Morgan fingerprint density at radius 2 is 1.79 bits per heavy atom. The monoisotopic (exact) mass is 369 g/mol. The van der Waals surface area contributed by atoms with E-state index in [2.05, 4.69) is 11.6 Å². The highest BCUT2D eigenvalue weighted by Gasteiger charge is 2.16. The summed E-state index contributed by atoms with van der Waals surface area (Å²) in [6, 6.07) is 11.0. The third-order valence-corrected chi connectivity index (χ3v) is 5.57. The number of aryl methyl sites for hydroxylation is 1. The first-order valence-electron chi connectivity index (χ1n) is 7.95. The molecule has 0 bridgehead atoms. The average molecular weight is 370 g/mol. The molecule has 0 spiro atoms. The van der Waals surface area contributed by atoms with E-state index in [0.29, 0.717) is 0 Å². The Labute approximate surface area is 147 Å². The van der Waals surface area contributed by atoms with Gasteiger partial charge in [0.25, 0.3) is 0 Å². The van der Waals surface area contributed by atoms with E-state index in [1.165, 1.54) is 18.2 Å². The Bertz CT molecular complexity index is 756. The number of hydrogen-bond acceptors (Lipinski definition) is 2. The second kappa shape index (κ2) is 8.60. The van der Waals surface area contributed by atoms with Crippen LogP contribution in [0.5, 0.6) is 0 Å². The van der Waals surface area contributed by atoms with Gasteiger partial charge in [0.05, 0.1) is 4.90 Å². The molecule has 0 amide bonds. The van der Waals surface area contributed by atoms with Gasteiger partial charge in [-0.1, -0.05) is 49.6 Å². The molecule has 0 radical (unpaired) electrons. The average Bonchev–Trinajstić information content (AvgIpc) is 2.55. The summed E-state index contributed by atoms with van der Waals surface area (Å²) in [6.07, 6.45) is 4.33. The summed E-state index contributed by atoms with van der Waals surface area (Å²) in [4.78, 5) is 0.161. The summed E-state index contributed by atoms with van der Waals surface area (Å²) < 4.78 is 40.7. The number of halogens is 2. The van der Waals surface area contributed by atoms with Crippen molar-refractivity contribution in [3.63, 3.8) is 0 Å². The van der Waals surface area contributed by atoms with Gasteiger partial charge in [-0.15, -0.1) is 0 Å². The number of hydrogen-bond donors (Lipinski definition) is 1. The van der Waals surface area contributed by atoms with E-state index in [-0.39, 0.29) is 22.0 Å². The second-order valence-electron chi connectivity index (χ2n) is 5.63. The van der Waals surface area contributed by atoms with Crippen LogP contribution in [0.3, 0.4) is 0 Å². The molecule has 130 valence electrons. The molecule has 0 heterocycles. The molecule has 1 N–H and O–H groups in total. The van der Waals surface area contributed by atoms with Crippen molar-refractivity contribution in [3.8, 4) is 0 Å². The zero-order chi connectivity index (χ0) is 17.6. The molecule has 0 aromatic heterocycles. The lowest BCUT2D eigenvalue weighted by molar-refractivity contribution is 0.574. The van der Waals surface area contributed by atoms with Gasteiger partial charge in [-0.25, -0.2) is 17.5 Å². The van der Waals surface area contributed by atoms with Gasteiger partial charge in [-0.3, -0.25) is 0 Å². The molecule has 0 unspecified atom stereocenters. The lowest BCUT2D eigenvalue weighted by Crippen LogP contribution is -2.24. The van der Waals surface area contributed by atoms with Crippen LogP contribution in [0, 0.1) is 5.82 Å². The molecule has 24 heavy (non-hydrogen) atoms. The minimum atomic E-state index is -3.71. The molecule has 0 aliphatic rings. The summed E-state index contributed by atoms with van der Waals surface area (Å²) in [5.41, 5.74) is 1.25. The van der Waals surface area contributed by atoms with Gasteiger partial charge in [0, 0.05) is 17.1 Å². The Morgan fingerprint density at radius 3 is 2.42 bits per heavy atom. The van der Waals surface area contributed by atoms with Crippen LogP contribution < -0.4 is 4.72 Å². The quantitative estimate of drug-likeness (QED) is 0.686. The van der Waals surface area contributed by atoms with Gasteiger partial charge >= 0.3 is 0 Å². The number of rotatable bonds is 8. The van der Waals surface area contributed by atoms with E-state index in [0.717, 1.165) is 31.2 Å². The zero-order valence-corrected chi connectivity index (χ0v) is 15.1. The molecular formula is C18H21ClFNO2S. The lowest BCUT2D eigenvalue weighted by Gasteiger charge is -2.09. The summed E-state index contributed by atoms with van der Waals surface area (Å²) in [6.45, 7) is 1.95. The lowest BCUT2D eigenvalue weighted by atomic mass is 10.1. The van der Waals surface area contributed by atoms with Gasteiger partial charge in [-0.05, 0) is 42.7 Å². The summed E-state index contributed by atoms with van der Waals surface area (Å²) in [5.74, 6) is -0.531. The molecule has 0 atom stereocenters. The molecule has 0 aliphatic heterocycles. The Hall–Kier alpha value is -1.43. The predicted octanol–water partition coefficient (Wildman–Crippen LogP) is 4.69. The van der Waals surface area contributed by atoms with Crippen LogP contribution in [0.25, 0.3) is 0 Å². The van der Waals surface area contributed by atoms with Crippen LogP contribution in [-0.2, 0) is 23.0 Å². The van der Waals surface area contributed by atoms with Crippen LogP contribution in [0.4, 0.5) is 4.39 Å². The van der Waals surface area contributed by atoms with E-state index in [1.807, 2.05) is 12.1 Å². The van der Waals surface area contributed by atoms with E-state index in [9.17, 15) is 12.8 Å². The number of unbranched alkanes of at least 4 members (excludes halogenated alkanes) is 2. The van der Waals surface area contributed by atoms with Crippen molar-refractivity contribution in [2.75, 3.05) is 0 Å². The van der Waals surface area contributed by atoms with Gasteiger partial charge in [0.15, 0.2) is 0 Å². The number of nitrogens with one attached hydrogen (secondary N) is 1. The van der Waals surface area contributed by atoms with Crippen LogP contribution in [-0.4, -0.2) is 8.42 Å². The first-order chi connectivity index (χ1) is 11.4. The fourth-order valence-corrected chi connectivity index (χ4v) is 3.59. The smallest absolute Gasteiger partial charge is 0.207 e. The molecule has 0 saturated heterocycles. The zero-order valence-electron chi connectivity index (χ0n) is 13.6. The van der Waals surface area contributed by atoms with E-state index in [1.54, 1.807) is 12.1 Å². The molecule has 0 fully saturated rings. The molecular weight excluding hydrogens is 349 g/mol. The molecule has 3 nitrogen and oxygen atoms in total. The van der Waals surface area contributed by atoms with E-state index in [4.69, 9.17) is 11.6 Å². The highest BCUT2D eigenvalue weighted by atomic mass is 35.5. The highest BCUT2D eigenvalue weighted by molar-refractivity contribution is 7.89. The minimum absolute atomic E-state index is 0.138. The normalized spacial score (nSPS) is 11.6. The fraction of sp³-hybridized carbons (Fsp3) is 0.333. The molecule has 6 heteroatoms. The van der Waals surface area contributed by atoms with Crippen molar-refractivity contribution in [1.29, 1.82) is 0 Å². The number of sulfonamides is 1. The van der Waals surface area contributed by atoms with Crippen molar-refractivity contribution in [2.24, 2.45) is 0 Å². The van der Waals surface area contributed by atoms with Crippen molar-refractivity contribution in [1.82, 2.24) is 4.72 Å². The van der Waals surface area contributed by atoms with Gasteiger partial charge in [-0.2, -0.15) is 0 Å². The molecule has 2 rings (SSSR count). The highest BCUT2D eigenvalue weighted by Crippen LogP contribution is 2.20. The van der Waals surface area contributed by atoms with Crippen LogP contribution in [0.15, 0.2) is 47.4 Å². The van der Waals surface area contributed by atoms with Crippen LogP contribution >= 0.6 is 11.6 Å². The molecule has 0 aliphatic carbocycles. The minimum Gasteiger partial charge on any atom is -0.207 e. The van der Waals surface area contributed by atoms with Crippen molar-refractivity contribution in [2.45, 2.75) is 44.0 Å². The van der Waals surface area contributed by atoms with Crippen molar-refractivity contribution >= 4 is 21.6 Å². The Morgan fingerprint density at radius 1 is 1.08 bits per heavy atom. The second-order valence-corrected chi connectivity index (χ2v) is 7.80. The first kappa shape index (κ1) is 18.9. The van der Waals surface area contributed by atoms with Crippen molar-refractivity contribution in [3.05, 3.63) is 64.4 Å². The third-order valence-electron chi connectivity index (χ3n) is 3.80. The van der Waals surface area contributed by atoms with Gasteiger partial charge in [0.2, 0.25) is 10.0 Å². The summed E-state index contributed by atoms with van der Waals surface area (Å²) >= 11 is 5.91. The maximum atomic E-state index is 13.7. The van der Waals surface area contributed by atoms with Gasteiger partial charge < -0.3 is 0 Å². The molecule has 2 aromatic rings. The Balaban J connectivity index is 2.05. The molecule has 2 aromatic carbocycles. The maximum Gasteiger partial charge on any atom is 0.240 e. The maximum absolute atomic E-state index is 13.7. The standard InChI is InChI=1S/C18H21ClFNO2S/c1-2-3-4-6-14-9-11-15(12-10-14)24(22,23)21-13-16-17(19)7-5-8-18(16)20/h5,7-12,21H,2-4,6,13H2,1H3. The first-order valence-corrected chi connectivity index (χ1v) is 9.81. The Kier molecular flexibility index (Phi) is 6.78. The van der Waals surface area contributed by atoms with Gasteiger partial charge in [0.1, 0.15) is 5.82 Å². The third kappa shape index (κ3) is 5.03. The molecule has 0 saturated carbocycles. The number of benzene rings is 2. The van der Waals surface area contributed by atoms with E-state index >= 15 is 0 Å². The fourth-order valence-electron chi connectivity index (χ4n) is 2.37. The summed E-state index contributed by atoms with van der Waals surface area (Å²) in [7, 11) is -3.71. The SMILES string of the molecule is CCCCCc1ccc(S(=O)(=O)NCc2c(F)cccc2Cl)cc1. The van der Waals surface area contributed by atoms with E-state index < -0.39 is 15.8 Å². The largest absolute Gasteiger partial charge is 0.240 e. The predicted molar refractivity (Wildman–Crippen MR) is 95.1 cm³/mol. The van der Waals surface area contributed by atoms with Crippen molar-refractivity contribution < 1.29 is 12.8 Å². The summed E-state index contributed by atoms with van der Waals surface area (Å²) in [5, 5.41) is 0.198.